The van der Waals surface area contributed by atoms with Gasteiger partial charge >= 0.3 is 0 Å². The van der Waals surface area contributed by atoms with Gasteiger partial charge in [-0.1, -0.05) is 312 Å². The van der Waals surface area contributed by atoms with Gasteiger partial charge in [0.1, 0.15) is 0 Å². The predicted octanol–water partition coefficient (Wildman–Crippen LogP) is 21.2. The van der Waals surface area contributed by atoms with Crippen molar-refractivity contribution < 1.29 is 15.0 Å². The number of aliphatic hydroxyl groups excluding tert-OH is 2. The van der Waals surface area contributed by atoms with Gasteiger partial charge in [-0.3, -0.25) is 4.79 Å². The molecule has 4 heteroatoms. The van der Waals surface area contributed by atoms with Crippen molar-refractivity contribution in [2.45, 2.75) is 347 Å². The van der Waals surface area contributed by atoms with Crippen molar-refractivity contribution in [3.63, 3.8) is 0 Å². The van der Waals surface area contributed by atoms with E-state index in [0.717, 1.165) is 44.9 Å². The second kappa shape index (κ2) is 61.4. The van der Waals surface area contributed by atoms with Crippen LogP contribution in [0.15, 0.2) is 60.8 Å². The molecule has 0 radical (unpaired) electrons. The van der Waals surface area contributed by atoms with E-state index in [1.165, 1.54) is 270 Å². The van der Waals surface area contributed by atoms with Crippen molar-refractivity contribution in [2.75, 3.05) is 6.61 Å². The van der Waals surface area contributed by atoms with Crippen LogP contribution in [0.1, 0.15) is 335 Å². The van der Waals surface area contributed by atoms with Gasteiger partial charge in [-0.25, -0.2) is 0 Å². The Bertz CT molecular complexity index is 1150. The van der Waals surface area contributed by atoms with Crippen LogP contribution in [0.5, 0.6) is 0 Å². The van der Waals surface area contributed by atoms with Gasteiger partial charge in [-0.2, -0.15) is 0 Å². The van der Waals surface area contributed by atoms with Crippen molar-refractivity contribution in [3.8, 4) is 0 Å². The van der Waals surface area contributed by atoms with Crippen molar-refractivity contribution in [2.24, 2.45) is 0 Å². The highest BCUT2D eigenvalue weighted by Gasteiger charge is 2.18. The zero-order chi connectivity index (χ0) is 50.6. The molecule has 1 amide bonds. The van der Waals surface area contributed by atoms with Gasteiger partial charge in [0.15, 0.2) is 0 Å². The Morgan fingerprint density at radius 2 is 0.600 bits per heavy atom. The summed E-state index contributed by atoms with van der Waals surface area (Å²) >= 11 is 0. The third-order valence-electron chi connectivity index (χ3n) is 14.5. The van der Waals surface area contributed by atoms with Gasteiger partial charge in [0.25, 0.3) is 0 Å². The molecule has 3 N–H and O–H groups in total. The second-order valence-corrected chi connectivity index (χ2v) is 21.5. The molecule has 0 rings (SSSR count). The predicted molar refractivity (Wildman–Crippen MR) is 313 cm³/mol. The number of allylic oxidation sites excluding steroid dienone is 9. The van der Waals surface area contributed by atoms with Crippen molar-refractivity contribution in [1.29, 1.82) is 0 Å². The molecule has 0 aliphatic carbocycles. The molecule has 0 saturated carbocycles. The van der Waals surface area contributed by atoms with Crippen LogP contribution < -0.4 is 5.32 Å². The van der Waals surface area contributed by atoms with Crippen molar-refractivity contribution in [1.82, 2.24) is 5.32 Å². The first kappa shape index (κ1) is 68.1. The summed E-state index contributed by atoms with van der Waals surface area (Å²) in [6.07, 6.45) is 87.0. The van der Waals surface area contributed by atoms with E-state index in [-0.39, 0.29) is 12.5 Å². The zero-order valence-corrected chi connectivity index (χ0v) is 47.3. The minimum absolute atomic E-state index is 0.0742. The minimum atomic E-state index is -0.873. The highest BCUT2D eigenvalue weighted by molar-refractivity contribution is 5.76. The normalized spacial score (nSPS) is 13.1. The van der Waals surface area contributed by atoms with E-state index in [2.05, 4.69) is 67.8 Å². The van der Waals surface area contributed by atoms with E-state index >= 15 is 0 Å². The molecule has 0 aromatic carbocycles. The van der Waals surface area contributed by atoms with Crippen LogP contribution in [-0.2, 0) is 4.79 Å². The van der Waals surface area contributed by atoms with Crippen LogP contribution in [0.4, 0.5) is 0 Å². The number of hydrogen-bond acceptors (Lipinski definition) is 3. The van der Waals surface area contributed by atoms with Crippen LogP contribution in [0.3, 0.4) is 0 Å². The Balaban J connectivity index is 3.51. The van der Waals surface area contributed by atoms with Gasteiger partial charge in [0.05, 0.1) is 18.8 Å². The maximum absolute atomic E-state index is 12.5. The van der Waals surface area contributed by atoms with Crippen molar-refractivity contribution in [3.05, 3.63) is 60.8 Å². The lowest BCUT2D eigenvalue weighted by Gasteiger charge is -2.19. The highest BCUT2D eigenvalue weighted by Crippen LogP contribution is 2.17. The van der Waals surface area contributed by atoms with E-state index in [4.69, 9.17) is 0 Å². The second-order valence-electron chi connectivity index (χ2n) is 21.5. The van der Waals surface area contributed by atoms with Crippen LogP contribution in [0.25, 0.3) is 0 Å². The lowest BCUT2D eigenvalue weighted by molar-refractivity contribution is -0.123. The third-order valence-corrected chi connectivity index (χ3v) is 14.5. The number of rotatable bonds is 58. The summed E-state index contributed by atoms with van der Waals surface area (Å²) in [7, 11) is 0. The minimum Gasteiger partial charge on any atom is -0.394 e. The molecule has 0 aliphatic heterocycles. The van der Waals surface area contributed by atoms with Gasteiger partial charge in [0, 0.05) is 6.42 Å². The molecule has 4 nitrogen and oxygen atoms in total. The fourth-order valence-corrected chi connectivity index (χ4v) is 9.66. The standard InChI is InChI=1S/C66H123NO3/c1-3-5-7-9-11-13-15-17-19-21-23-25-27-29-30-31-32-33-34-35-36-38-40-42-44-46-48-50-52-54-56-58-60-62-66(70)67-64(63-68)65(69)61-59-57-55-53-51-49-47-45-43-41-39-37-28-26-24-22-20-18-16-14-12-10-8-6-4-2/h23,25,29-30,43,45,51,53,59,61,64-65,68-69H,3-22,24,26-28,31-42,44,46-50,52,54-58,60,62-63H2,1-2H3,(H,67,70)/b25-23-,30-29-,45-43+,53-51+,61-59+. The molecule has 0 bridgehead atoms. The lowest BCUT2D eigenvalue weighted by atomic mass is 10.0. The molecule has 0 fully saturated rings. The highest BCUT2D eigenvalue weighted by atomic mass is 16.3. The van der Waals surface area contributed by atoms with Gasteiger partial charge < -0.3 is 15.5 Å². The number of unbranched alkanes of at least 4 members (excludes halogenated alkanes) is 43. The Morgan fingerprint density at radius 3 is 0.914 bits per heavy atom. The number of aliphatic hydroxyl groups is 2. The summed E-state index contributed by atoms with van der Waals surface area (Å²) in [4.78, 5) is 12.5. The molecule has 70 heavy (non-hydrogen) atoms. The Hall–Kier alpha value is -1.91. The molecular weight excluding hydrogens is 855 g/mol. The SMILES string of the molecule is CCCCCCCCCCC/C=C\C/C=C\CCCCCCCCCCCCCCCCCCCC(=O)NC(CO)C(O)/C=C/CC/C=C/CC/C=C/CCCCCCCCCCCCCCCCC. The number of nitrogens with one attached hydrogen (secondary N) is 1. The lowest BCUT2D eigenvalue weighted by Crippen LogP contribution is -2.45. The zero-order valence-electron chi connectivity index (χ0n) is 47.3. The molecular formula is C66H123NO3. The molecule has 2 unspecified atom stereocenters. The Labute approximate surface area is 438 Å². The fourth-order valence-electron chi connectivity index (χ4n) is 9.66. The first-order valence-electron chi connectivity index (χ1n) is 31.5. The number of amides is 1. The van der Waals surface area contributed by atoms with Crippen molar-refractivity contribution >= 4 is 5.91 Å². The van der Waals surface area contributed by atoms with E-state index in [0.29, 0.717) is 6.42 Å². The van der Waals surface area contributed by atoms with Crippen LogP contribution in [0, 0.1) is 0 Å². The number of carbonyl (C=O) groups excluding carboxylic acids is 1. The maximum atomic E-state index is 12.5. The van der Waals surface area contributed by atoms with E-state index in [1.54, 1.807) is 6.08 Å². The van der Waals surface area contributed by atoms with E-state index in [1.807, 2.05) is 6.08 Å². The van der Waals surface area contributed by atoms with Gasteiger partial charge in [-0.15, -0.1) is 0 Å². The van der Waals surface area contributed by atoms with Gasteiger partial charge in [-0.05, 0) is 77.0 Å². The van der Waals surface area contributed by atoms with E-state index < -0.39 is 12.1 Å². The maximum Gasteiger partial charge on any atom is 0.220 e. The number of hydrogen-bond donors (Lipinski definition) is 3. The summed E-state index contributed by atoms with van der Waals surface area (Å²) in [6.45, 7) is 4.32. The molecule has 2 atom stereocenters. The average molecular weight is 979 g/mol. The van der Waals surface area contributed by atoms with E-state index in [9.17, 15) is 15.0 Å². The summed E-state index contributed by atoms with van der Waals surface area (Å²) in [5.74, 6) is -0.0742. The molecule has 0 heterocycles. The topological polar surface area (TPSA) is 69.6 Å². The average Bonchev–Trinajstić information content (AvgIpc) is 3.36. The molecule has 0 spiro atoms. The smallest absolute Gasteiger partial charge is 0.220 e. The number of carbonyl (C=O) groups is 1. The molecule has 410 valence electrons. The van der Waals surface area contributed by atoms with Gasteiger partial charge in [0.2, 0.25) is 5.91 Å². The quantitative estimate of drug-likeness (QED) is 0.0420. The summed E-state index contributed by atoms with van der Waals surface area (Å²) in [5.41, 5.74) is 0. The largest absolute Gasteiger partial charge is 0.394 e. The Kier molecular flexibility index (Phi) is 59.7. The molecule has 0 saturated heterocycles. The van der Waals surface area contributed by atoms with Crippen LogP contribution in [-0.4, -0.2) is 34.9 Å². The molecule has 0 aromatic heterocycles. The molecule has 0 aromatic rings. The van der Waals surface area contributed by atoms with Crippen LogP contribution >= 0.6 is 0 Å². The summed E-state index contributed by atoms with van der Waals surface area (Å²) in [5, 5.41) is 23.2. The molecule has 0 aliphatic rings. The summed E-state index contributed by atoms with van der Waals surface area (Å²) in [6, 6.07) is -0.648. The first-order chi connectivity index (χ1) is 34.7. The first-order valence-corrected chi connectivity index (χ1v) is 31.5. The third kappa shape index (κ3) is 57.0. The monoisotopic (exact) mass is 978 g/mol. The summed E-state index contributed by atoms with van der Waals surface area (Å²) < 4.78 is 0. The Morgan fingerprint density at radius 1 is 0.343 bits per heavy atom. The van der Waals surface area contributed by atoms with Crippen LogP contribution in [0.2, 0.25) is 0 Å². The fraction of sp³-hybridized carbons (Fsp3) is 0.833.